The molecule has 2 heterocycles. The zero-order valence-electron chi connectivity index (χ0n) is 12.8. The van der Waals surface area contributed by atoms with Crippen molar-refractivity contribution >= 4 is 34.5 Å². The molecule has 136 valence electrons. The molecule has 1 unspecified atom stereocenters. The molecule has 1 aliphatic heterocycles. The van der Waals surface area contributed by atoms with Crippen molar-refractivity contribution in [3.8, 4) is 11.6 Å². The number of pyridine rings is 1. The zero-order valence-corrected chi connectivity index (χ0v) is 14.4. The predicted molar refractivity (Wildman–Crippen MR) is 89.4 cm³/mol. The maximum absolute atomic E-state index is 12.6. The predicted octanol–water partition coefficient (Wildman–Crippen LogP) is 4.44. The van der Waals surface area contributed by atoms with Crippen molar-refractivity contribution in [1.82, 2.24) is 10.3 Å². The number of alkyl halides is 3. The standard InChI is InChI=1S/C16H10ClF3N2O3S/c17-11-6-9(16(18,19)20)7-21-14(11)25-10-3-1-8(2-4-10)5-12-13(23)22-15(24)26-12/h1-4,6-7,12H,5H2,(H,22,23,24). The summed E-state index contributed by atoms with van der Waals surface area (Å²) in [5.41, 5.74) is -0.168. The van der Waals surface area contributed by atoms with Crippen LogP contribution in [0.2, 0.25) is 5.02 Å². The first-order chi connectivity index (χ1) is 12.2. The van der Waals surface area contributed by atoms with Crippen LogP contribution in [0.5, 0.6) is 11.6 Å². The van der Waals surface area contributed by atoms with E-state index in [2.05, 4.69) is 10.3 Å². The maximum atomic E-state index is 12.6. The molecule has 1 aliphatic rings. The first-order valence-electron chi connectivity index (χ1n) is 7.23. The molecule has 1 aromatic heterocycles. The van der Waals surface area contributed by atoms with E-state index < -0.39 is 17.0 Å². The molecule has 0 aliphatic carbocycles. The van der Waals surface area contributed by atoms with Crippen LogP contribution < -0.4 is 10.1 Å². The van der Waals surface area contributed by atoms with Gasteiger partial charge in [0.15, 0.2) is 0 Å². The van der Waals surface area contributed by atoms with Crippen molar-refractivity contribution in [2.45, 2.75) is 17.8 Å². The minimum absolute atomic E-state index is 0.149. The van der Waals surface area contributed by atoms with E-state index >= 15 is 0 Å². The number of rotatable bonds is 4. The highest BCUT2D eigenvalue weighted by atomic mass is 35.5. The van der Waals surface area contributed by atoms with Crippen LogP contribution in [-0.2, 0) is 17.4 Å². The molecule has 0 spiro atoms. The molecule has 1 saturated heterocycles. The summed E-state index contributed by atoms with van der Waals surface area (Å²) in [5, 5.41) is 1.09. The molecule has 26 heavy (non-hydrogen) atoms. The third-order valence-corrected chi connectivity index (χ3v) is 4.71. The minimum atomic E-state index is -4.54. The van der Waals surface area contributed by atoms with Gasteiger partial charge in [-0.3, -0.25) is 14.9 Å². The summed E-state index contributed by atoms with van der Waals surface area (Å²) in [4.78, 5) is 26.3. The van der Waals surface area contributed by atoms with Crippen molar-refractivity contribution in [2.24, 2.45) is 0 Å². The molecule has 5 nitrogen and oxygen atoms in total. The number of nitrogens with one attached hydrogen (secondary N) is 1. The number of carbonyl (C=O) groups excluding carboxylic acids is 2. The Bertz CT molecular complexity index is 859. The van der Waals surface area contributed by atoms with E-state index in [1.807, 2.05) is 0 Å². The summed E-state index contributed by atoms with van der Waals surface area (Å²) in [7, 11) is 0. The zero-order chi connectivity index (χ0) is 18.9. The number of benzene rings is 1. The van der Waals surface area contributed by atoms with Crippen LogP contribution in [0.1, 0.15) is 11.1 Å². The molecule has 10 heteroatoms. The molecule has 1 aromatic carbocycles. The van der Waals surface area contributed by atoms with Crippen molar-refractivity contribution in [3.63, 3.8) is 0 Å². The van der Waals surface area contributed by atoms with Crippen LogP contribution in [0.4, 0.5) is 18.0 Å². The van der Waals surface area contributed by atoms with E-state index in [-0.39, 0.29) is 22.0 Å². The van der Waals surface area contributed by atoms with Gasteiger partial charge in [0.2, 0.25) is 11.8 Å². The average molecular weight is 403 g/mol. The minimum Gasteiger partial charge on any atom is -0.438 e. The molecule has 2 aromatic rings. The number of thioether (sulfide) groups is 1. The molecule has 0 radical (unpaired) electrons. The van der Waals surface area contributed by atoms with Crippen LogP contribution >= 0.6 is 23.4 Å². The Kier molecular flexibility index (Phi) is 5.10. The van der Waals surface area contributed by atoms with Gasteiger partial charge in [-0.05, 0) is 30.2 Å². The maximum Gasteiger partial charge on any atom is 0.417 e. The summed E-state index contributed by atoms with van der Waals surface area (Å²) < 4.78 is 43.2. The summed E-state index contributed by atoms with van der Waals surface area (Å²) >= 11 is 6.72. The number of imide groups is 1. The molecule has 1 fully saturated rings. The Morgan fingerprint density at radius 3 is 2.46 bits per heavy atom. The van der Waals surface area contributed by atoms with Crippen LogP contribution in [0.25, 0.3) is 0 Å². The third kappa shape index (κ3) is 4.28. The van der Waals surface area contributed by atoms with Crippen LogP contribution in [0.15, 0.2) is 36.5 Å². The first kappa shape index (κ1) is 18.5. The lowest BCUT2D eigenvalue weighted by molar-refractivity contribution is -0.137. The monoisotopic (exact) mass is 402 g/mol. The Morgan fingerprint density at radius 1 is 1.23 bits per heavy atom. The topological polar surface area (TPSA) is 68.3 Å². The van der Waals surface area contributed by atoms with Gasteiger partial charge in [0, 0.05) is 6.20 Å². The van der Waals surface area contributed by atoms with E-state index in [0.717, 1.165) is 23.4 Å². The third-order valence-electron chi connectivity index (χ3n) is 3.46. The highest BCUT2D eigenvalue weighted by Crippen LogP contribution is 2.34. The van der Waals surface area contributed by atoms with Gasteiger partial charge >= 0.3 is 6.18 Å². The summed E-state index contributed by atoms with van der Waals surface area (Å²) in [6.45, 7) is 0. The van der Waals surface area contributed by atoms with Gasteiger partial charge in [-0.25, -0.2) is 4.98 Å². The second kappa shape index (κ2) is 7.16. The van der Waals surface area contributed by atoms with E-state index in [9.17, 15) is 22.8 Å². The molecule has 0 saturated carbocycles. The van der Waals surface area contributed by atoms with Crippen LogP contribution in [0.3, 0.4) is 0 Å². The molecule has 1 atom stereocenters. The number of hydrogen-bond donors (Lipinski definition) is 1. The number of carbonyl (C=O) groups is 2. The van der Waals surface area contributed by atoms with Crippen molar-refractivity contribution < 1.29 is 27.5 Å². The van der Waals surface area contributed by atoms with E-state index in [1.54, 1.807) is 24.3 Å². The van der Waals surface area contributed by atoms with E-state index in [1.165, 1.54) is 0 Å². The smallest absolute Gasteiger partial charge is 0.417 e. The van der Waals surface area contributed by atoms with Crippen LogP contribution in [-0.4, -0.2) is 21.4 Å². The van der Waals surface area contributed by atoms with Crippen molar-refractivity contribution in [1.29, 1.82) is 0 Å². The molecule has 3 rings (SSSR count). The van der Waals surface area contributed by atoms with Crippen molar-refractivity contribution in [3.05, 3.63) is 52.7 Å². The Hall–Kier alpha value is -2.26. The van der Waals surface area contributed by atoms with Gasteiger partial charge < -0.3 is 4.74 Å². The number of ether oxygens (including phenoxy) is 1. The number of amides is 2. The summed E-state index contributed by atoms with van der Waals surface area (Å²) in [6.07, 6.45) is -3.53. The Labute approximate surface area is 154 Å². The van der Waals surface area contributed by atoms with Gasteiger partial charge in [-0.15, -0.1) is 0 Å². The van der Waals surface area contributed by atoms with Crippen molar-refractivity contribution in [2.75, 3.05) is 0 Å². The fourth-order valence-corrected chi connectivity index (χ4v) is 3.27. The molecule has 1 N–H and O–H groups in total. The first-order valence-corrected chi connectivity index (χ1v) is 8.49. The number of halogens is 4. The van der Waals surface area contributed by atoms with E-state index in [4.69, 9.17) is 16.3 Å². The number of hydrogen-bond acceptors (Lipinski definition) is 5. The lowest BCUT2D eigenvalue weighted by Gasteiger charge is -2.11. The number of nitrogens with zero attached hydrogens (tertiary/aromatic N) is 1. The quantitative estimate of drug-likeness (QED) is 0.818. The lowest BCUT2D eigenvalue weighted by atomic mass is 10.1. The SMILES string of the molecule is O=C1NC(=O)C(Cc2ccc(Oc3ncc(C(F)(F)F)cc3Cl)cc2)S1. The second-order valence-electron chi connectivity index (χ2n) is 5.34. The fourth-order valence-electron chi connectivity index (χ4n) is 2.20. The summed E-state index contributed by atoms with van der Waals surface area (Å²) in [5.74, 6) is -0.160. The fraction of sp³-hybridized carbons (Fsp3) is 0.188. The van der Waals surface area contributed by atoms with E-state index in [0.29, 0.717) is 18.4 Å². The average Bonchev–Trinajstić information content (AvgIpc) is 2.87. The molecular formula is C16H10ClF3N2O3S. The Morgan fingerprint density at radius 2 is 1.92 bits per heavy atom. The van der Waals surface area contributed by atoms with Crippen LogP contribution in [0, 0.1) is 0 Å². The van der Waals surface area contributed by atoms with Gasteiger partial charge in [0.25, 0.3) is 5.24 Å². The normalized spacial score (nSPS) is 17.3. The van der Waals surface area contributed by atoms with Gasteiger partial charge in [-0.1, -0.05) is 35.5 Å². The Balaban J connectivity index is 1.68. The lowest BCUT2D eigenvalue weighted by Crippen LogP contribution is -2.25. The van der Waals surface area contributed by atoms with Gasteiger partial charge in [0.1, 0.15) is 10.8 Å². The molecule has 2 amide bonds. The summed E-state index contributed by atoms with van der Waals surface area (Å²) in [6, 6.07) is 7.26. The highest BCUT2D eigenvalue weighted by molar-refractivity contribution is 8.15. The van der Waals surface area contributed by atoms with Gasteiger partial charge in [0.05, 0.1) is 10.8 Å². The second-order valence-corrected chi connectivity index (χ2v) is 6.92. The highest BCUT2D eigenvalue weighted by Gasteiger charge is 2.32. The molecular weight excluding hydrogens is 393 g/mol. The molecule has 0 bridgehead atoms. The van der Waals surface area contributed by atoms with Gasteiger partial charge in [-0.2, -0.15) is 13.2 Å². The number of aromatic nitrogens is 1. The largest absolute Gasteiger partial charge is 0.438 e.